The minimum atomic E-state index is -0.252. The summed E-state index contributed by atoms with van der Waals surface area (Å²) in [5, 5.41) is 0.669. The Bertz CT molecular complexity index is 737. The van der Waals surface area contributed by atoms with Gasteiger partial charge in [-0.2, -0.15) is 0 Å². The molecule has 0 saturated carbocycles. The lowest BCUT2D eigenvalue weighted by Gasteiger charge is -2.30. The van der Waals surface area contributed by atoms with Crippen molar-refractivity contribution in [3.05, 3.63) is 48.3 Å². The number of pyridine rings is 1. The van der Waals surface area contributed by atoms with Crippen LogP contribution in [0.1, 0.15) is 21.8 Å². The number of nitrogens with zero attached hydrogens (tertiary/aromatic N) is 2. The highest BCUT2D eigenvalue weighted by atomic mass is 35.5. The van der Waals surface area contributed by atoms with Gasteiger partial charge in [-0.1, -0.05) is 30.0 Å². The van der Waals surface area contributed by atoms with Crippen LogP contribution in [0.4, 0.5) is 0 Å². The van der Waals surface area contributed by atoms with Crippen LogP contribution in [0.3, 0.4) is 0 Å². The van der Waals surface area contributed by atoms with Crippen LogP contribution in [-0.2, 0) is 5.54 Å². The number of ether oxygens (including phenoxy) is 1. The predicted molar refractivity (Wildman–Crippen MR) is 94.5 cm³/mol. The Balaban J connectivity index is 0. The van der Waals surface area contributed by atoms with Crippen molar-refractivity contribution in [1.29, 1.82) is 0 Å². The first-order valence-electron chi connectivity index (χ1n) is 7.19. The number of hydrogen-bond donors (Lipinski definition) is 1. The second-order valence-electron chi connectivity index (χ2n) is 5.52. The number of aromatic nitrogens is 1. The molecule has 7 heteroatoms. The highest BCUT2D eigenvalue weighted by molar-refractivity contribution is 8.13. The lowest BCUT2D eigenvalue weighted by atomic mass is 9.88. The monoisotopic (exact) mass is 385 g/mol. The van der Waals surface area contributed by atoms with E-state index in [2.05, 4.69) is 41.2 Å². The maximum Gasteiger partial charge on any atom is 1.00 e. The summed E-state index contributed by atoms with van der Waals surface area (Å²) in [5.41, 5.74) is 8.99. The fourth-order valence-electron chi connectivity index (χ4n) is 2.62. The molecule has 0 aliphatic carbocycles. The Morgan fingerprint density at radius 1 is 1.21 bits per heavy atom. The van der Waals surface area contributed by atoms with Crippen LogP contribution in [0.5, 0.6) is 5.75 Å². The molecule has 0 saturated heterocycles. The summed E-state index contributed by atoms with van der Waals surface area (Å²) in [6.07, 6.45) is 4.54. The lowest BCUT2D eigenvalue weighted by Crippen LogP contribution is -3.00. The first-order valence-corrected chi connectivity index (χ1v) is 8.17. The molecule has 0 amide bonds. The average Bonchev–Trinajstić information content (AvgIpc) is 2.55. The predicted octanol–water partition coefficient (Wildman–Crippen LogP) is -2.34. The minimum absolute atomic E-state index is 0. The second-order valence-corrected chi connectivity index (χ2v) is 6.63. The molecule has 1 atom stereocenters. The van der Waals surface area contributed by atoms with Gasteiger partial charge in [0.25, 0.3) is 0 Å². The highest BCUT2D eigenvalue weighted by Gasteiger charge is 2.29. The van der Waals surface area contributed by atoms with E-state index in [0.29, 0.717) is 5.17 Å². The summed E-state index contributed by atoms with van der Waals surface area (Å²) in [5.74, 6) is 1.75. The van der Waals surface area contributed by atoms with Gasteiger partial charge >= 0.3 is 2.85 Å². The molecule has 130 valence electrons. The zero-order chi connectivity index (χ0) is 15.6. The molecule has 2 aromatic rings. The quantitative estimate of drug-likeness (QED) is 0.642. The zero-order valence-corrected chi connectivity index (χ0v) is 15.8. The second kappa shape index (κ2) is 8.60. The fraction of sp³-hybridized carbons (Fsp3) is 0.294. The molecule has 4 nitrogen and oxygen atoms in total. The molecule has 0 fully saturated rings. The molecule has 1 aromatic carbocycles. The molecule has 24 heavy (non-hydrogen) atoms. The zero-order valence-electron chi connectivity index (χ0n) is 15.5. The minimum Gasteiger partial charge on any atom is -1.00 e. The van der Waals surface area contributed by atoms with E-state index in [1.54, 1.807) is 25.1 Å². The van der Waals surface area contributed by atoms with Crippen molar-refractivity contribution in [1.82, 2.24) is 4.98 Å². The first-order chi connectivity index (χ1) is 10.6. The summed E-state index contributed by atoms with van der Waals surface area (Å²) < 4.78 is 5.25. The number of aliphatic imine (C=N–C) groups is 1. The number of benzene rings is 1. The Hall–Kier alpha value is -1.43. The number of halogens is 2. The van der Waals surface area contributed by atoms with Gasteiger partial charge in [-0.15, -0.1) is 0 Å². The molecular formula is C17H21Cl2N3OS. The van der Waals surface area contributed by atoms with Gasteiger partial charge in [-0.25, -0.2) is 0 Å². The topological polar surface area (TPSA) is 60.5 Å². The van der Waals surface area contributed by atoms with Gasteiger partial charge in [0.1, 0.15) is 5.75 Å². The van der Waals surface area contributed by atoms with E-state index in [4.69, 9.17) is 10.5 Å². The van der Waals surface area contributed by atoms with Gasteiger partial charge in [0.05, 0.1) is 18.8 Å². The smallest absolute Gasteiger partial charge is 1.00 e. The first kappa shape index (κ1) is 20.6. The maximum absolute atomic E-state index is 5.92. The van der Waals surface area contributed by atoms with Crippen LogP contribution in [0.15, 0.2) is 47.7 Å². The third-order valence-electron chi connectivity index (χ3n) is 3.96. The van der Waals surface area contributed by atoms with E-state index in [1.165, 1.54) is 5.56 Å². The fourth-order valence-corrected chi connectivity index (χ4v) is 3.59. The molecule has 3 rings (SSSR count). The Morgan fingerprint density at radius 3 is 2.71 bits per heavy atom. The number of thioether (sulfide) groups is 1. The molecule has 0 radical (unpaired) electrons. The van der Waals surface area contributed by atoms with Crippen molar-refractivity contribution < 1.29 is 32.4 Å². The summed E-state index contributed by atoms with van der Waals surface area (Å²) in [7, 11) is 1.65. The van der Waals surface area contributed by atoms with Gasteiger partial charge in [0, 0.05) is 17.5 Å². The normalized spacial score (nSPS) is 19.5. The van der Waals surface area contributed by atoms with Crippen molar-refractivity contribution in [3.63, 3.8) is 0 Å². The van der Waals surface area contributed by atoms with Crippen LogP contribution in [0.2, 0.25) is 0 Å². The molecule has 0 bridgehead atoms. The standard InChI is InChI=1S/C17H19N3OS.2ClH/c1-17(6-7-22-16(18)20-17)14-5-3-4-12(8-14)13-9-15(21-2)11-19-10-13;;/h3-5,8-11H,6-7H2,1-2H3,(H2,18,20);2*1H. The number of methoxy groups -OCH3 is 1. The third-order valence-corrected chi connectivity index (χ3v) is 4.76. The summed E-state index contributed by atoms with van der Waals surface area (Å²) in [4.78, 5) is 8.90. The lowest BCUT2D eigenvalue weighted by molar-refractivity contribution is -0.00100. The van der Waals surface area contributed by atoms with Crippen molar-refractivity contribution >= 4 is 16.9 Å². The van der Waals surface area contributed by atoms with Gasteiger partial charge < -0.3 is 35.3 Å². The van der Waals surface area contributed by atoms with E-state index in [0.717, 1.165) is 29.1 Å². The van der Waals surface area contributed by atoms with Gasteiger partial charge in [-0.3, -0.25) is 9.98 Å². The third kappa shape index (κ3) is 4.35. The Morgan fingerprint density at radius 2 is 2.00 bits per heavy atom. The van der Waals surface area contributed by atoms with Crippen LogP contribution in [0, 0.1) is 0 Å². The van der Waals surface area contributed by atoms with Crippen molar-refractivity contribution in [2.45, 2.75) is 18.9 Å². The summed E-state index contributed by atoms with van der Waals surface area (Å²) in [6.45, 7) is 2.14. The molecule has 2 heterocycles. The van der Waals surface area contributed by atoms with E-state index < -0.39 is 0 Å². The van der Waals surface area contributed by atoms with Gasteiger partial charge in [-0.05, 0) is 36.6 Å². The largest absolute Gasteiger partial charge is 1.00 e. The average molecular weight is 386 g/mol. The van der Waals surface area contributed by atoms with E-state index >= 15 is 0 Å². The molecule has 1 aromatic heterocycles. The van der Waals surface area contributed by atoms with Crippen LogP contribution in [0.25, 0.3) is 11.1 Å². The Labute approximate surface area is 162 Å². The molecule has 1 unspecified atom stereocenters. The van der Waals surface area contributed by atoms with E-state index in [9.17, 15) is 0 Å². The maximum atomic E-state index is 5.92. The van der Waals surface area contributed by atoms with E-state index in [1.807, 2.05) is 12.3 Å². The van der Waals surface area contributed by atoms with Gasteiger partial charge in [0.15, 0.2) is 5.17 Å². The van der Waals surface area contributed by atoms with Crippen molar-refractivity contribution in [3.8, 4) is 16.9 Å². The SMILES string of the molecule is COc1cncc(-c2cccc(C3(C)CCSC(N)=N3)c2)c1.[Cl-].[Cl-].[H+].[H+]. The molecule has 1 aliphatic heterocycles. The molecule has 2 N–H and O–H groups in total. The van der Waals surface area contributed by atoms with Crippen LogP contribution in [-0.4, -0.2) is 23.0 Å². The number of nitrogens with two attached hydrogens (primary N) is 1. The van der Waals surface area contributed by atoms with Crippen molar-refractivity contribution in [2.75, 3.05) is 12.9 Å². The summed E-state index contributed by atoms with van der Waals surface area (Å²) in [6, 6.07) is 10.4. The van der Waals surface area contributed by atoms with Crippen LogP contribution < -0.4 is 35.3 Å². The van der Waals surface area contributed by atoms with Crippen LogP contribution >= 0.6 is 11.8 Å². The molecular weight excluding hydrogens is 365 g/mol. The van der Waals surface area contributed by atoms with Crippen molar-refractivity contribution in [2.24, 2.45) is 10.7 Å². The number of hydrogen-bond acceptors (Lipinski definition) is 5. The molecule has 1 aliphatic rings. The number of amidine groups is 1. The number of rotatable bonds is 3. The summed E-state index contributed by atoms with van der Waals surface area (Å²) >= 11 is 1.62. The molecule has 0 spiro atoms. The van der Waals surface area contributed by atoms with E-state index in [-0.39, 0.29) is 33.2 Å². The van der Waals surface area contributed by atoms with Gasteiger partial charge in [0.2, 0.25) is 0 Å². The Kier molecular flexibility index (Phi) is 7.39. The highest BCUT2D eigenvalue weighted by Crippen LogP contribution is 2.36.